The third kappa shape index (κ3) is 2.82. The molecular formula is C13H18ClN3O2. The SMILES string of the molecule is CNC1(C)CCN(c2c(Cl)cccc2[N+](=O)[O-])CC1. The van der Waals surface area contributed by atoms with Gasteiger partial charge in [0.2, 0.25) is 0 Å². The molecule has 1 aromatic rings. The number of para-hydroxylation sites is 1. The van der Waals surface area contributed by atoms with Crippen LogP contribution in [0.2, 0.25) is 5.02 Å². The summed E-state index contributed by atoms with van der Waals surface area (Å²) in [6, 6.07) is 4.83. The lowest BCUT2D eigenvalue weighted by Crippen LogP contribution is -2.50. The van der Waals surface area contributed by atoms with Gasteiger partial charge in [0.05, 0.1) is 9.95 Å². The lowest BCUT2D eigenvalue weighted by molar-refractivity contribution is -0.384. The summed E-state index contributed by atoms with van der Waals surface area (Å²) >= 11 is 6.15. The van der Waals surface area contributed by atoms with Gasteiger partial charge in [-0.2, -0.15) is 0 Å². The molecule has 0 saturated carbocycles. The monoisotopic (exact) mass is 283 g/mol. The second kappa shape index (κ2) is 5.35. The highest BCUT2D eigenvalue weighted by Gasteiger charge is 2.31. The molecule has 0 amide bonds. The van der Waals surface area contributed by atoms with E-state index in [-0.39, 0.29) is 16.1 Å². The molecule has 0 bridgehead atoms. The molecule has 1 heterocycles. The van der Waals surface area contributed by atoms with E-state index < -0.39 is 0 Å². The zero-order valence-electron chi connectivity index (χ0n) is 11.1. The van der Waals surface area contributed by atoms with Gasteiger partial charge in [-0.1, -0.05) is 17.7 Å². The zero-order valence-corrected chi connectivity index (χ0v) is 11.9. The molecule has 1 aliphatic rings. The van der Waals surface area contributed by atoms with Gasteiger partial charge < -0.3 is 10.2 Å². The van der Waals surface area contributed by atoms with E-state index >= 15 is 0 Å². The van der Waals surface area contributed by atoms with Gasteiger partial charge in [-0.25, -0.2) is 0 Å². The third-order valence-corrected chi connectivity index (χ3v) is 4.25. The summed E-state index contributed by atoms with van der Waals surface area (Å²) in [6.45, 7) is 3.70. The minimum absolute atomic E-state index is 0.0839. The second-order valence-electron chi connectivity index (χ2n) is 5.16. The number of nitrogens with zero attached hydrogens (tertiary/aromatic N) is 2. The molecule has 19 heavy (non-hydrogen) atoms. The molecule has 104 valence electrons. The van der Waals surface area contributed by atoms with E-state index in [0.717, 1.165) is 25.9 Å². The molecule has 1 N–H and O–H groups in total. The van der Waals surface area contributed by atoms with Crippen LogP contribution < -0.4 is 10.2 Å². The van der Waals surface area contributed by atoms with Crippen LogP contribution in [0, 0.1) is 10.1 Å². The van der Waals surface area contributed by atoms with Gasteiger partial charge in [0.25, 0.3) is 5.69 Å². The molecule has 2 rings (SSSR count). The van der Waals surface area contributed by atoms with Gasteiger partial charge in [-0.05, 0) is 32.9 Å². The Morgan fingerprint density at radius 1 is 1.42 bits per heavy atom. The summed E-state index contributed by atoms with van der Waals surface area (Å²) in [6.07, 6.45) is 1.87. The quantitative estimate of drug-likeness (QED) is 0.684. The lowest BCUT2D eigenvalue weighted by Gasteiger charge is -2.40. The van der Waals surface area contributed by atoms with E-state index in [1.165, 1.54) is 6.07 Å². The number of nitro groups is 1. The number of halogens is 1. The van der Waals surface area contributed by atoms with Crippen molar-refractivity contribution in [3.8, 4) is 0 Å². The molecule has 0 unspecified atom stereocenters. The predicted octanol–water partition coefficient (Wildman–Crippen LogP) is 2.83. The number of nitrogens with one attached hydrogen (secondary N) is 1. The maximum Gasteiger partial charge on any atom is 0.294 e. The van der Waals surface area contributed by atoms with E-state index in [4.69, 9.17) is 11.6 Å². The molecule has 1 saturated heterocycles. The Bertz CT molecular complexity index is 485. The van der Waals surface area contributed by atoms with Crippen LogP contribution in [0.5, 0.6) is 0 Å². The Morgan fingerprint density at radius 3 is 2.58 bits per heavy atom. The third-order valence-electron chi connectivity index (χ3n) is 3.95. The largest absolute Gasteiger partial charge is 0.365 e. The van der Waals surface area contributed by atoms with Crippen molar-refractivity contribution in [1.29, 1.82) is 0 Å². The van der Waals surface area contributed by atoms with E-state index in [1.807, 2.05) is 11.9 Å². The number of benzene rings is 1. The molecule has 0 atom stereocenters. The van der Waals surface area contributed by atoms with E-state index in [1.54, 1.807) is 12.1 Å². The van der Waals surface area contributed by atoms with Crippen molar-refractivity contribution in [3.63, 3.8) is 0 Å². The van der Waals surface area contributed by atoms with Crippen LogP contribution in [0.25, 0.3) is 0 Å². The summed E-state index contributed by atoms with van der Waals surface area (Å²) in [7, 11) is 1.95. The Labute approximate surface area is 117 Å². The summed E-state index contributed by atoms with van der Waals surface area (Å²) in [5.41, 5.74) is 0.736. The summed E-state index contributed by atoms with van der Waals surface area (Å²) in [5, 5.41) is 14.9. The van der Waals surface area contributed by atoms with Crippen LogP contribution in [-0.4, -0.2) is 30.6 Å². The predicted molar refractivity (Wildman–Crippen MR) is 77.0 cm³/mol. The fraction of sp³-hybridized carbons (Fsp3) is 0.538. The maximum absolute atomic E-state index is 11.1. The first-order chi connectivity index (χ1) is 8.97. The summed E-state index contributed by atoms with van der Waals surface area (Å²) in [4.78, 5) is 12.8. The topological polar surface area (TPSA) is 58.4 Å². The van der Waals surface area contributed by atoms with Gasteiger partial charge in [0, 0.05) is 24.7 Å². The second-order valence-corrected chi connectivity index (χ2v) is 5.57. The first kappa shape index (κ1) is 14.1. The molecule has 1 aliphatic heterocycles. The number of rotatable bonds is 3. The minimum Gasteiger partial charge on any atom is -0.365 e. The zero-order chi connectivity index (χ0) is 14.0. The van der Waals surface area contributed by atoms with Crippen LogP contribution in [0.4, 0.5) is 11.4 Å². The normalized spacial score (nSPS) is 18.4. The van der Waals surface area contributed by atoms with Crippen molar-refractivity contribution in [3.05, 3.63) is 33.3 Å². The van der Waals surface area contributed by atoms with E-state index in [0.29, 0.717) is 10.7 Å². The van der Waals surface area contributed by atoms with Gasteiger partial charge >= 0.3 is 0 Å². The van der Waals surface area contributed by atoms with Gasteiger partial charge in [-0.15, -0.1) is 0 Å². The molecule has 0 aromatic heterocycles. The fourth-order valence-corrected chi connectivity index (χ4v) is 2.73. The molecule has 6 heteroatoms. The Hall–Kier alpha value is -1.33. The van der Waals surface area contributed by atoms with Crippen LogP contribution in [0.1, 0.15) is 19.8 Å². The van der Waals surface area contributed by atoms with Crippen LogP contribution in [0.15, 0.2) is 18.2 Å². The van der Waals surface area contributed by atoms with Crippen molar-refractivity contribution in [1.82, 2.24) is 5.32 Å². The van der Waals surface area contributed by atoms with Crippen LogP contribution in [-0.2, 0) is 0 Å². The number of anilines is 1. The molecule has 1 aromatic carbocycles. The molecule has 5 nitrogen and oxygen atoms in total. The number of hydrogen-bond acceptors (Lipinski definition) is 4. The average Bonchev–Trinajstić information content (AvgIpc) is 2.40. The van der Waals surface area contributed by atoms with Crippen LogP contribution >= 0.6 is 11.6 Å². The van der Waals surface area contributed by atoms with Gasteiger partial charge in [-0.3, -0.25) is 10.1 Å². The molecule has 0 spiro atoms. The lowest BCUT2D eigenvalue weighted by atomic mass is 9.89. The first-order valence-electron chi connectivity index (χ1n) is 6.33. The van der Waals surface area contributed by atoms with Crippen molar-refractivity contribution in [2.75, 3.05) is 25.0 Å². The maximum atomic E-state index is 11.1. The highest BCUT2D eigenvalue weighted by Crippen LogP contribution is 2.37. The van der Waals surface area contributed by atoms with Gasteiger partial charge in [0.15, 0.2) is 0 Å². The Morgan fingerprint density at radius 2 is 2.05 bits per heavy atom. The van der Waals surface area contributed by atoms with Crippen molar-refractivity contribution in [2.24, 2.45) is 0 Å². The number of piperidine rings is 1. The smallest absolute Gasteiger partial charge is 0.294 e. The minimum atomic E-state index is -0.368. The number of nitro benzene ring substituents is 1. The molecule has 0 radical (unpaired) electrons. The van der Waals surface area contributed by atoms with Crippen molar-refractivity contribution < 1.29 is 4.92 Å². The van der Waals surface area contributed by atoms with Gasteiger partial charge in [0.1, 0.15) is 5.69 Å². The highest BCUT2D eigenvalue weighted by atomic mass is 35.5. The molecule has 0 aliphatic carbocycles. The Balaban J connectivity index is 2.27. The summed E-state index contributed by atoms with van der Waals surface area (Å²) in [5.74, 6) is 0. The highest BCUT2D eigenvalue weighted by molar-refractivity contribution is 6.33. The van der Waals surface area contributed by atoms with E-state index in [9.17, 15) is 10.1 Å². The van der Waals surface area contributed by atoms with Crippen molar-refractivity contribution in [2.45, 2.75) is 25.3 Å². The van der Waals surface area contributed by atoms with Crippen LogP contribution in [0.3, 0.4) is 0 Å². The summed E-state index contributed by atoms with van der Waals surface area (Å²) < 4.78 is 0. The number of hydrogen-bond donors (Lipinski definition) is 1. The fourth-order valence-electron chi connectivity index (χ4n) is 2.44. The Kier molecular flexibility index (Phi) is 3.96. The molecule has 1 fully saturated rings. The van der Waals surface area contributed by atoms with Crippen molar-refractivity contribution >= 4 is 23.0 Å². The molecular weight excluding hydrogens is 266 g/mol. The first-order valence-corrected chi connectivity index (χ1v) is 6.71. The standard InChI is InChI=1S/C13H18ClN3O2/c1-13(15-2)6-8-16(9-7-13)12-10(14)4-3-5-11(12)17(18)19/h3-5,15H,6-9H2,1-2H3. The average molecular weight is 284 g/mol. The van der Waals surface area contributed by atoms with E-state index in [2.05, 4.69) is 12.2 Å².